The normalized spacial score (nSPS) is 10.6. The van der Waals surface area contributed by atoms with Gasteiger partial charge in [0.05, 0.1) is 12.8 Å². The van der Waals surface area contributed by atoms with Gasteiger partial charge in [-0.3, -0.25) is 0 Å². The Morgan fingerprint density at radius 2 is 2.29 bits per heavy atom. The Labute approximate surface area is 81.1 Å². The molecule has 0 fully saturated rings. The van der Waals surface area contributed by atoms with Gasteiger partial charge in [0, 0.05) is 6.54 Å². The van der Waals surface area contributed by atoms with Crippen molar-refractivity contribution < 1.29 is 9.05 Å². The van der Waals surface area contributed by atoms with Crippen molar-refractivity contribution in [3.8, 4) is 0 Å². The first-order valence-electron chi connectivity index (χ1n) is 4.37. The molecule has 0 aliphatic carbocycles. The van der Waals surface area contributed by atoms with Gasteiger partial charge in [-0.2, -0.15) is 0 Å². The SMILES string of the molecule is Cc1nonc1CNCc1ccco1. The number of rotatable bonds is 4. The van der Waals surface area contributed by atoms with Crippen LogP contribution in [0.15, 0.2) is 27.4 Å². The molecule has 0 amide bonds. The molecule has 2 aromatic heterocycles. The van der Waals surface area contributed by atoms with Crippen LogP contribution in [-0.4, -0.2) is 10.3 Å². The van der Waals surface area contributed by atoms with Crippen LogP contribution in [0, 0.1) is 6.92 Å². The minimum atomic E-state index is 0.635. The second kappa shape index (κ2) is 4.06. The third-order valence-electron chi connectivity index (χ3n) is 1.92. The first-order valence-corrected chi connectivity index (χ1v) is 4.37. The van der Waals surface area contributed by atoms with E-state index >= 15 is 0 Å². The predicted octanol–water partition coefficient (Wildman–Crippen LogP) is 1.26. The zero-order chi connectivity index (χ0) is 9.80. The summed E-state index contributed by atoms with van der Waals surface area (Å²) in [6.45, 7) is 3.18. The van der Waals surface area contributed by atoms with Crippen molar-refractivity contribution in [3.05, 3.63) is 35.5 Å². The summed E-state index contributed by atoms with van der Waals surface area (Å²) in [4.78, 5) is 0. The lowest BCUT2D eigenvalue weighted by Gasteiger charge is -1.98. The molecule has 2 rings (SSSR count). The first kappa shape index (κ1) is 8.96. The molecule has 1 N–H and O–H groups in total. The first-order chi connectivity index (χ1) is 6.86. The van der Waals surface area contributed by atoms with Crippen molar-refractivity contribution in [1.82, 2.24) is 15.6 Å². The molecule has 0 unspecified atom stereocenters. The van der Waals surface area contributed by atoms with Crippen molar-refractivity contribution in [2.24, 2.45) is 0 Å². The van der Waals surface area contributed by atoms with E-state index in [-0.39, 0.29) is 0 Å². The van der Waals surface area contributed by atoms with Gasteiger partial charge in [-0.05, 0) is 19.1 Å². The molecule has 5 nitrogen and oxygen atoms in total. The summed E-state index contributed by atoms with van der Waals surface area (Å²) >= 11 is 0. The van der Waals surface area contributed by atoms with Gasteiger partial charge in [-0.1, -0.05) is 10.3 Å². The number of hydrogen-bond donors (Lipinski definition) is 1. The van der Waals surface area contributed by atoms with Crippen LogP contribution in [0.5, 0.6) is 0 Å². The second-order valence-electron chi connectivity index (χ2n) is 2.98. The summed E-state index contributed by atoms with van der Waals surface area (Å²) in [5, 5.41) is 10.6. The lowest BCUT2D eigenvalue weighted by molar-refractivity contribution is 0.300. The zero-order valence-corrected chi connectivity index (χ0v) is 7.86. The fraction of sp³-hybridized carbons (Fsp3) is 0.333. The van der Waals surface area contributed by atoms with E-state index in [1.807, 2.05) is 19.1 Å². The molecule has 0 spiro atoms. The van der Waals surface area contributed by atoms with E-state index in [1.54, 1.807) is 6.26 Å². The van der Waals surface area contributed by atoms with Crippen molar-refractivity contribution >= 4 is 0 Å². The van der Waals surface area contributed by atoms with Gasteiger partial charge in [-0.15, -0.1) is 0 Å². The summed E-state index contributed by atoms with van der Waals surface area (Å²) in [6, 6.07) is 3.78. The molecule has 74 valence electrons. The van der Waals surface area contributed by atoms with Gasteiger partial charge in [0.15, 0.2) is 0 Å². The molecule has 0 saturated carbocycles. The average molecular weight is 193 g/mol. The molecule has 0 aliphatic heterocycles. The predicted molar refractivity (Wildman–Crippen MR) is 48.3 cm³/mol. The Morgan fingerprint density at radius 1 is 1.36 bits per heavy atom. The van der Waals surface area contributed by atoms with E-state index in [0.717, 1.165) is 17.1 Å². The van der Waals surface area contributed by atoms with E-state index in [2.05, 4.69) is 20.3 Å². The quantitative estimate of drug-likeness (QED) is 0.791. The fourth-order valence-corrected chi connectivity index (χ4v) is 1.13. The molecular weight excluding hydrogens is 182 g/mol. The molecule has 0 radical (unpaired) electrons. The molecule has 0 saturated heterocycles. The van der Waals surface area contributed by atoms with Crippen LogP contribution in [0.4, 0.5) is 0 Å². The Balaban J connectivity index is 1.81. The topological polar surface area (TPSA) is 64.1 Å². The van der Waals surface area contributed by atoms with Crippen LogP contribution >= 0.6 is 0 Å². The highest BCUT2D eigenvalue weighted by molar-refractivity contribution is 5.04. The number of nitrogens with one attached hydrogen (secondary N) is 1. The lowest BCUT2D eigenvalue weighted by Crippen LogP contribution is -2.13. The van der Waals surface area contributed by atoms with Gasteiger partial charge in [0.1, 0.15) is 17.1 Å². The molecule has 0 aliphatic rings. The van der Waals surface area contributed by atoms with Gasteiger partial charge in [-0.25, -0.2) is 4.63 Å². The van der Waals surface area contributed by atoms with Crippen LogP contribution < -0.4 is 5.32 Å². The molecular formula is C9H11N3O2. The molecule has 0 bridgehead atoms. The van der Waals surface area contributed by atoms with E-state index in [4.69, 9.17) is 4.42 Å². The smallest absolute Gasteiger partial charge is 0.121 e. The third kappa shape index (κ3) is 2.00. The zero-order valence-electron chi connectivity index (χ0n) is 7.86. The van der Waals surface area contributed by atoms with Crippen molar-refractivity contribution in [1.29, 1.82) is 0 Å². The molecule has 0 atom stereocenters. The van der Waals surface area contributed by atoms with E-state index in [0.29, 0.717) is 13.1 Å². The monoisotopic (exact) mass is 193 g/mol. The van der Waals surface area contributed by atoms with Gasteiger partial charge in [0.2, 0.25) is 0 Å². The number of aryl methyl sites for hydroxylation is 1. The largest absolute Gasteiger partial charge is 0.468 e. The number of nitrogens with zero attached hydrogens (tertiary/aromatic N) is 2. The van der Waals surface area contributed by atoms with Gasteiger partial charge >= 0.3 is 0 Å². The Morgan fingerprint density at radius 3 is 2.93 bits per heavy atom. The van der Waals surface area contributed by atoms with Gasteiger partial charge < -0.3 is 9.73 Å². The van der Waals surface area contributed by atoms with Crippen LogP contribution in [0.25, 0.3) is 0 Å². The molecule has 2 heterocycles. The molecule has 14 heavy (non-hydrogen) atoms. The van der Waals surface area contributed by atoms with Crippen LogP contribution in [-0.2, 0) is 13.1 Å². The minimum absolute atomic E-state index is 0.635. The molecule has 5 heteroatoms. The fourth-order valence-electron chi connectivity index (χ4n) is 1.13. The van der Waals surface area contributed by atoms with E-state index < -0.39 is 0 Å². The molecule has 0 aromatic carbocycles. The second-order valence-corrected chi connectivity index (χ2v) is 2.98. The highest BCUT2D eigenvalue weighted by Gasteiger charge is 2.04. The van der Waals surface area contributed by atoms with Crippen molar-refractivity contribution in [2.45, 2.75) is 20.0 Å². The summed E-state index contributed by atoms with van der Waals surface area (Å²) < 4.78 is 9.73. The van der Waals surface area contributed by atoms with E-state index in [9.17, 15) is 0 Å². The van der Waals surface area contributed by atoms with Crippen LogP contribution in [0.3, 0.4) is 0 Å². The summed E-state index contributed by atoms with van der Waals surface area (Å²) in [5.74, 6) is 0.902. The average Bonchev–Trinajstić information content (AvgIpc) is 2.78. The minimum Gasteiger partial charge on any atom is -0.468 e. The Hall–Kier alpha value is -1.62. The lowest BCUT2D eigenvalue weighted by atomic mass is 10.3. The van der Waals surface area contributed by atoms with Crippen LogP contribution in [0.1, 0.15) is 17.1 Å². The number of furan rings is 1. The Kier molecular flexibility index (Phi) is 2.60. The Bertz CT molecular complexity index is 380. The van der Waals surface area contributed by atoms with Gasteiger partial charge in [0.25, 0.3) is 0 Å². The maximum absolute atomic E-state index is 5.16. The number of aromatic nitrogens is 2. The third-order valence-corrected chi connectivity index (χ3v) is 1.92. The van der Waals surface area contributed by atoms with Crippen molar-refractivity contribution in [3.63, 3.8) is 0 Å². The standard InChI is InChI=1S/C9H11N3O2/c1-7-9(12-14-11-7)6-10-5-8-3-2-4-13-8/h2-4,10H,5-6H2,1H3. The maximum Gasteiger partial charge on any atom is 0.121 e. The van der Waals surface area contributed by atoms with Crippen LogP contribution in [0.2, 0.25) is 0 Å². The van der Waals surface area contributed by atoms with E-state index in [1.165, 1.54) is 0 Å². The highest BCUT2D eigenvalue weighted by atomic mass is 16.6. The van der Waals surface area contributed by atoms with Crippen molar-refractivity contribution in [2.75, 3.05) is 0 Å². The summed E-state index contributed by atoms with van der Waals surface area (Å²) in [7, 11) is 0. The summed E-state index contributed by atoms with van der Waals surface area (Å²) in [6.07, 6.45) is 1.65. The number of hydrogen-bond acceptors (Lipinski definition) is 5. The maximum atomic E-state index is 5.16. The summed E-state index contributed by atoms with van der Waals surface area (Å²) in [5.41, 5.74) is 1.65. The molecule has 2 aromatic rings. The highest BCUT2D eigenvalue weighted by Crippen LogP contribution is 2.02.